The van der Waals surface area contributed by atoms with Gasteiger partial charge in [0, 0.05) is 11.7 Å². The number of sulfonamides is 1. The van der Waals surface area contributed by atoms with E-state index in [1.54, 1.807) is 36.4 Å². The zero-order valence-corrected chi connectivity index (χ0v) is 17.2. The molecule has 7 heteroatoms. The zero-order valence-electron chi connectivity index (χ0n) is 15.6. The number of carbonyl (C=O) groups is 1. The average molecular weight is 419 g/mol. The van der Waals surface area contributed by atoms with E-state index in [9.17, 15) is 13.2 Å². The van der Waals surface area contributed by atoms with E-state index in [2.05, 4.69) is 10.0 Å². The minimum Gasteiger partial charge on any atom is -0.349 e. The molecule has 2 aromatic rings. The summed E-state index contributed by atoms with van der Waals surface area (Å²) >= 11 is 6.22. The summed E-state index contributed by atoms with van der Waals surface area (Å²) in [5, 5.41) is 3.40. The molecule has 0 aliphatic heterocycles. The maximum Gasteiger partial charge on any atom is 0.261 e. The fourth-order valence-electron chi connectivity index (χ4n) is 4.36. The van der Waals surface area contributed by atoms with Gasteiger partial charge in [-0.15, -0.1) is 0 Å². The van der Waals surface area contributed by atoms with Gasteiger partial charge in [0.2, 0.25) is 0 Å². The van der Waals surface area contributed by atoms with Gasteiger partial charge in [0.1, 0.15) is 0 Å². The summed E-state index contributed by atoms with van der Waals surface area (Å²) < 4.78 is 27.7. The molecule has 2 aromatic carbocycles. The Hall–Kier alpha value is -2.05. The van der Waals surface area contributed by atoms with Crippen molar-refractivity contribution in [2.24, 2.45) is 11.8 Å². The van der Waals surface area contributed by atoms with Gasteiger partial charge in [0.15, 0.2) is 0 Å². The van der Waals surface area contributed by atoms with E-state index in [0.717, 1.165) is 17.9 Å². The van der Waals surface area contributed by atoms with Crippen molar-refractivity contribution in [1.82, 2.24) is 5.32 Å². The highest BCUT2D eigenvalue weighted by Gasteiger charge is 2.40. The van der Waals surface area contributed by atoms with Crippen LogP contribution in [-0.2, 0) is 10.0 Å². The van der Waals surface area contributed by atoms with E-state index in [1.807, 2.05) is 6.92 Å². The van der Waals surface area contributed by atoms with Crippen LogP contribution in [-0.4, -0.2) is 20.4 Å². The van der Waals surface area contributed by atoms with E-state index in [0.29, 0.717) is 16.6 Å². The number of anilines is 1. The van der Waals surface area contributed by atoms with Crippen LogP contribution in [0, 0.1) is 18.8 Å². The van der Waals surface area contributed by atoms with Gasteiger partial charge in [0.25, 0.3) is 15.9 Å². The molecule has 0 spiro atoms. The summed E-state index contributed by atoms with van der Waals surface area (Å²) in [7, 11) is -3.74. The van der Waals surface area contributed by atoms with Crippen molar-refractivity contribution in [3.05, 3.63) is 58.6 Å². The second-order valence-corrected chi connectivity index (χ2v) is 9.96. The third kappa shape index (κ3) is 3.89. The second-order valence-electron chi connectivity index (χ2n) is 7.87. The zero-order chi connectivity index (χ0) is 19.9. The predicted octanol–water partition coefficient (Wildman–Crippen LogP) is 4.37. The van der Waals surface area contributed by atoms with E-state index in [-0.39, 0.29) is 22.4 Å². The Morgan fingerprint density at radius 1 is 1.07 bits per heavy atom. The first kappa shape index (κ1) is 19.3. The number of amides is 1. The molecule has 1 amide bonds. The van der Waals surface area contributed by atoms with E-state index < -0.39 is 10.0 Å². The summed E-state index contributed by atoms with van der Waals surface area (Å²) in [5.41, 5.74) is 1.57. The van der Waals surface area contributed by atoms with Crippen molar-refractivity contribution < 1.29 is 13.2 Å². The summed E-state index contributed by atoms with van der Waals surface area (Å²) in [5.74, 6) is 1.02. The Labute approximate surface area is 170 Å². The average Bonchev–Trinajstić information content (AvgIpc) is 3.26. The first-order chi connectivity index (χ1) is 13.3. The molecule has 3 atom stereocenters. The third-order valence-electron chi connectivity index (χ3n) is 5.85. The first-order valence-corrected chi connectivity index (χ1v) is 11.4. The summed E-state index contributed by atoms with van der Waals surface area (Å²) in [6.45, 7) is 1.89. The van der Waals surface area contributed by atoms with Crippen LogP contribution in [0.1, 0.15) is 41.6 Å². The molecule has 0 aromatic heterocycles. The number of aryl methyl sites for hydroxylation is 1. The number of benzene rings is 2. The molecule has 28 heavy (non-hydrogen) atoms. The van der Waals surface area contributed by atoms with E-state index in [4.69, 9.17) is 11.6 Å². The molecular formula is C21H23ClN2O3S. The maximum absolute atomic E-state index is 12.8. The molecule has 2 saturated carbocycles. The number of nitrogens with one attached hydrogen (secondary N) is 2. The molecule has 2 fully saturated rings. The summed E-state index contributed by atoms with van der Waals surface area (Å²) in [6.07, 6.45) is 4.64. The Morgan fingerprint density at radius 3 is 2.46 bits per heavy atom. The van der Waals surface area contributed by atoms with Gasteiger partial charge >= 0.3 is 0 Å². The van der Waals surface area contributed by atoms with Gasteiger partial charge in [-0.2, -0.15) is 0 Å². The van der Waals surface area contributed by atoms with Crippen LogP contribution < -0.4 is 10.0 Å². The molecule has 148 valence electrons. The first-order valence-electron chi connectivity index (χ1n) is 9.52. The van der Waals surface area contributed by atoms with E-state index >= 15 is 0 Å². The van der Waals surface area contributed by atoms with Crippen molar-refractivity contribution in [1.29, 1.82) is 0 Å². The van der Waals surface area contributed by atoms with Gasteiger partial charge in [-0.25, -0.2) is 8.42 Å². The molecule has 0 heterocycles. The van der Waals surface area contributed by atoms with Gasteiger partial charge < -0.3 is 5.32 Å². The highest BCUT2D eigenvalue weighted by Crippen LogP contribution is 2.44. The van der Waals surface area contributed by atoms with Crippen LogP contribution in [0.3, 0.4) is 0 Å². The Kier molecular flexibility index (Phi) is 5.10. The van der Waals surface area contributed by atoms with Crippen molar-refractivity contribution in [3.63, 3.8) is 0 Å². The molecule has 0 saturated heterocycles. The Morgan fingerprint density at radius 2 is 1.82 bits per heavy atom. The van der Waals surface area contributed by atoms with Gasteiger partial charge in [-0.1, -0.05) is 35.7 Å². The number of halogens is 1. The molecular weight excluding hydrogens is 396 g/mol. The lowest BCUT2D eigenvalue weighted by Gasteiger charge is -2.23. The molecule has 2 N–H and O–H groups in total. The van der Waals surface area contributed by atoms with Gasteiger partial charge in [-0.05, 0) is 68.4 Å². The van der Waals surface area contributed by atoms with Crippen molar-refractivity contribution in [2.75, 3.05) is 4.72 Å². The normalized spacial score (nSPS) is 23.6. The van der Waals surface area contributed by atoms with Crippen LogP contribution in [0.25, 0.3) is 0 Å². The van der Waals surface area contributed by atoms with Crippen LogP contribution >= 0.6 is 11.6 Å². The molecule has 5 nitrogen and oxygen atoms in total. The van der Waals surface area contributed by atoms with Crippen LogP contribution in [0.15, 0.2) is 47.4 Å². The molecule has 0 unspecified atom stereocenters. The number of hydrogen-bond donors (Lipinski definition) is 2. The van der Waals surface area contributed by atoms with E-state index in [1.165, 1.54) is 25.3 Å². The molecule has 2 aliphatic rings. The third-order valence-corrected chi connectivity index (χ3v) is 7.58. The lowest BCUT2D eigenvalue weighted by molar-refractivity contribution is 0.0923. The molecule has 4 rings (SSSR count). The number of rotatable bonds is 5. The van der Waals surface area contributed by atoms with Crippen LogP contribution in [0.4, 0.5) is 5.69 Å². The predicted molar refractivity (Wildman–Crippen MR) is 110 cm³/mol. The quantitative estimate of drug-likeness (QED) is 0.757. The summed E-state index contributed by atoms with van der Waals surface area (Å²) in [6, 6.07) is 11.4. The number of hydrogen-bond acceptors (Lipinski definition) is 3. The summed E-state index contributed by atoms with van der Waals surface area (Å²) in [4.78, 5) is 12.9. The van der Waals surface area contributed by atoms with Crippen molar-refractivity contribution in [2.45, 2.75) is 43.5 Å². The standard InChI is InChI=1S/C21H23ClN2O3S/c1-13-2-7-17(8-3-13)28(26,27)24-16-6-9-19(22)18(12-16)21(25)23-20-11-14-4-5-15(20)10-14/h2-3,6-9,12,14-15,20,24H,4-5,10-11H2,1H3,(H,23,25)/t14-,15-,20+/m0/s1. The fraction of sp³-hybridized carbons (Fsp3) is 0.381. The highest BCUT2D eigenvalue weighted by molar-refractivity contribution is 7.92. The second kappa shape index (κ2) is 7.41. The molecule has 2 bridgehead atoms. The monoisotopic (exact) mass is 418 g/mol. The SMILES string of the molecule is Cc1ccc(S(=O)(=O)Nc2ccc(Cl)c(C(=O)N[C@@H]3C[C@H]4CC[C@H]3C4)c2)cc1. The number of carbonyl (C=O) groups excluding carboxylic acids is 1. The Balaban J connectivity index is 1.52. The van der Waals surface area contributed by atoms with Crippen LogP contribution in [0.5, 0.6) is 0 Å². The fourth-order valence-corrected chi connectivity index (χ4v) is 5.61. The topological polar surface area (TPSA) is 75.3 Å². The minimum absolute atomic E-state index is 0.168. The maximum atomic E-state index is 12.8. The highest BCUT2D eigenvalue weighted by atomic mass is 35.5. The van der Waals surface area contributed by atoms with Gasteiger partial charge in [-0.3, -0.25) is 9.52 Å². The lowest BCUT2D eigenvalue weighted by Crippen LogP contribution is -2.38. The largest absolute Gasteiger partial charge is 0.349 e. The smallest absolute Gasteiger partial charge is 0.261 e. The van der Waals surface area contributed by atoms with Crippen LogP contribution in [0.2, 0.25) is 5.02 Å². The van der Waals surface area contributed by atoms with Gasteiger partial charge in [0.05, 0.1) is 15.5 Å². The lowest BCUT2D eigenvalue weighted by atomic mass is 9.95. The minimum atomic E-state index is -3.74. The van der Waals surface area contributed by atoms with Crippen molar-refractivity contribution >= 4 is 33.2 Å². The number of fused-ring (bicyclic) bond motifs is 2. The van der Waals surface area contributed by atoms with Crippen molar-refractivity contribution in [3.8, 4) is 0 Å². The molecule has 2 aliphatic carbocycles. The molecule has 0 radical (unpaired) electrons. The Bertz CT molecular complexity index is 1000.